The second kappa shape index (κ2) is 10.2. The van der Waals surface area contributed by atoms with Gasteiger partial charge in [0.2, 0.25) is 0 Å². The van der Waals surface area contributed by atoms with Gasteiger partial charge in [-0.25, -0.2) is 4.79 Å². The first kappa shape index (κ1) is 22.4. The van der Waals surface area contributed by atoms with Crippen LogP contribution in [0.25, 0.3) is 0 Å². The number of carbonyl (C=O) groups is 1. The molecular formula is C24H37ClN2O2. The molecular weight excluding hydrogens is 384 g/mol. The Morgan fingerprint density at radius 2 is 1.97 bits per heavy atom. The van der Waals surface area contributed by atoms with E-state index in [1.54, 1.807) is 7.05 Å². The van der Waals surface area contributed by atoms with Gasteiger partial charge in [0.15, 0.2) is 0 Å². The van der Waals surface area contributed by atoms with Crippen molar-refractivity contribution >= 4 is 18.5 Å². The summed E-state index contributed by atoms with van der Waals surface area (Å²) < 4.78 is 0. The quantitative estimate of drug-likeness (QED) is 0.643. The first-order valence-corrected chi connectivity index (χ1v) is 11.4. The largest absolute Gasteiger partial charge is 0.465 e. The molecule has 1 amide bonds. The highest BCUT2D eigenvalue weighted by Crippen LogP contribution is 2.43. The number of nitrogens with zero attached hydrogens (tertiary/aromatic N) is 2. The van der Waals surface area contributed by atoms with Crippen LogP contribution in [-0.2, 0) is 13.0 Å². The summed E-state index contributed by atoms with van der Waals surface area (Å²) in [5.74, 6) is 1.64. The molecule has 3 aliphatic rings. The van der Waals surface area contributed by atoms with Crippen LogP contribution >= 0.6 is 12.4 Å². The monoisotopic (exact) mass is 420 g/mol. The van der Waals surface area contributed by atoms with Crippen LogP contribution in [0.2, 0.25) is 0 Å². The molecule has 1 saturated carbocycles. The molecule has 1 aromatic rings. The van der Waals surface area contributed by atoms with Crippen LogP contribution in [0.1, 0.15) is 80.4 Å². The zero-order chi connectivity index (χ0) is 19.5. The highest BCUT2D eigenvalue weighted by molar-refractivity contribution is 5.85. The lowest BCUT2D eigenvalue weighted by atomic mass is 9.77. The Morgan fingerprint density at radius 1 is 1.17 bits per heavy atom. The highest BCUT2D eigenvalue weighted by atomic mass is 35.5. The molecule has 5 heteroatoms. The fourth-order valence-electron chi connectivity index (χ4n) is 6.07. The van der Waals surface area contributed by atoms with Crippen molar-refractivity contribution in [3.05, 3.63) is 34.9 Å². The van der Waals surface area contributed by atoms with E-state index in [0.29, 0.717) is 18.5 Å². The fourth-order valence-corrected chi connectivity index (χ4v) is 6.07. The van der Waals surface area contributed by atoms with Gasteiger partial charge in [-0.3, -0.25) is 4.90 Å². The Morgan fingerprint density at radius 3 is 2.72 bits per heavy atom. The molecule has 1 saturated heterocycles. The molecule has 1 N–H and O–H groups in total. The van der Waals surface area contributed by atoms with Gasteiger partial charge in [0.25, 0.3) is 0 Å². The number of rotatable bonds is 6. The molecule has 1 heterocycles. The lowest BCUT2D eigenvalue weighted by Crippen LogP contribution is -2.36. The van der Waals surface area contributed by atoms with E-state index in [0.717, 1.165) is 12.3 Å². The Hall–Kier alpha value is -1.26. The van der Waals surface area contributed by atoms with Gasteiger partial charge in [0.05, 0.1) is 0 Å². The fraction of sp³-hybridized carbons (Fsp3) is 0.708. The summed E-state index contributed by atoms with van der Waals surface area (Å²) in [6, 6.07) is 7.27. The van der Waals surface area contributed by atoms with Crippen molar-refractivity contribution in [3.63, 3.8) is 0 Å². The maximum atomic E-state index is 11.2. The molecule has 0 bridgehead atoms. The van der Waals surface area contributed by atoms with Gasteiger partial charge < -0.3 is 10.0 Å². The average molecular weight is 421 g/mol. The standard InChI is InChI=1S/C24H36N2O2.ClH/c1-25(24(27)28)17-19-10-5-11-21-20(19)12-13-23-22(21)14-16-26(23)15-6-9-18-7-3-2-4-8-18;/h5,10-11,18,22-23H,2-4,6-9,12-17H2,1H3,(H,27,28);1H/t22-,23+;/m1./s1. The molecule has 0 unspecified atom stereocenters. The van der Waals surface area contributed by atoms with Gasteiger partial charge in [-0.2, -0.15) is 0 Å². The topological polar surface area (TPSA) is 43.8 Å². The number of fused-ring (bicyclic) bond motifs is 3. The number of hydrogen-bond acceptors (Lipinski definition) is 2. The van der Waals surface area contributed by atoms with Gasteiger partial charge in [0, 0.05) is 25.6 Å². The Kier molecular flexibility index (Phi) is 7.86. The second-order valence-electron chi connectivity index (χ2n) is 9.31. The molecule has 0 spiro atoms. The number of likely N-dealkylation sites (tertiary alicyclic amines) is 1. The van der Waals surface area contributed by atoms with Crippen LogP contribution in [0.4, 0.5) is 4.79 Å². The predicted molar refractivity (Wildman–Crippen MR) is 120 cm³/mol. The first-order valence-electron chi connectivity index (χ1n) is 11.4. The normalized spacial score (nSPS) is 24.4. The summed E-state index contributed by atoms with van der Waals surface area (Å²) in [6.45, 7) is 3.01. The minimum absolute atomic E-state index is 0. The summed E-state index contributed by atoms with van der Waals surface area (Å²) in [4.78, 5) is 15.4. The summed E-state index contributed by atoms with van der Waals surface area (Å²) in [6.07, 6.45) is 12.8. The van der Waals surface area contributed by atoms with Crippen LogP contribution in [-0.4, -0.2) is 47.2 Å². The summed E-state index contributed by atoms with van der Waals surface area (Å²) >= 11 is 0. The third-order valence-corrected chi connectivity index (χ3v) is 7.58. The van der Waals surface area contributed by atoms with Gasteiger partial charge >= 0.3 is 6.09 Å². The molecule has 4 nitrogen and oxygen atoms in total. The molecule has 0 radical (unpaired) electrons. The smallest absolute Gasteiger partial charge is 0.407 e. The van der Waals surface area contributed by atoms with Gasteiger partial charge in [-0.1, -0.05) is 50.3 Å². The van der Waals surface area contributed by atoms with Crippen molar-refractivity contribution in [2.75, 3.05) is 20.1 Å². The van der Waals surface area contributed by atoms with Gasteiger partial charge in [0.1, 0.15) is 0 Å². The van der Waals surface area contributed by atoms with Crippen molar-refractivity contribution < 1.29 is 9.90 Å². The molecule has 2 aliphatic carbocycles. The van der Waals surface area contributed by atoms with Crippen LogP contribution in [0.15, 0.2) is 18.2 Å². The van der Waals surface area contributed by atoms with E-state index >= 15 is 0 Å². The third-order valence-electron chi connectivity index (χ3n) is 7.58. The molecule has 1 aliphatic heterocycles. The van der Waals surface area contributed by atoms with E-state index in [9.17, 15) is 9.90 Å². The lowest BCUT2D eigenvalue weighted by Gasteiger charge is -2.35. The van der Waals surface area contributed by atoms with E-state index < -0.39 is 6.09 Å². The highest BCUT2D eigenvalue weighted by Gasteiger charge is 2.38. The van der Waals surface area contributed by atoms with Gasteiger partial charge in [-0.15, -0.1) is 12.4 Å². The molecule has 2 atom stereocenters. The Labute approximate surface area is 182 Å². The zero-order valence-corrected chi connectivity index (χ0v) is 18.6. The number of amides is 1. The summed E-state index contributed by atoms with van der Waals surface area (Å²) in [5, 5.41) is 9.23. The number of carboxylic acid groups (broad SMARTS) is 1. The molecule has 4 rings (SSSR count). The van der Waals surface area contributed by atoms with E-state index in [1.807, 2.05) is 0 Å². The second-order valence-corrected chi connectivity index (χ2v) is 9.31. The zero-order valence-electron chi connectivity index (χ0n) is 17.8. The minimum atomic E-state index is -0.851. The molecule has 29 heavy (non-hydrogen) atoms. The summed E-state index contributed by atoms with van der Waals surface area (Å²) in [5.41, 5.74) is 4.14. The van der Waals surface area contributed by atoms with E-state index in [-0.39, 0.29) is 12.4 Å². The van der Waals surface area contributed by atoms with Crippen molar-refractivity contribution in [1.29, 1.82) is 0 Å². The number of benzene rings is 1. The minimum Gasteiger partial charge on any atom is -0.465 e. The molecule has 2 fully saturated rings. The predicted octanol–water partition coefficient (Wildman–Crippen LogP) is 5.68. The van der Waals surface area contributed by atoms with Crippen molar-refractivity contribution in [3.8, 4) is 0 Å². The van der Waals surface area contributed by atoms with Crippen LogP contribution in [0.5, 0.6) is 0 Å². The molecule has 0 aromatic heterocycles. The first-order chi connectivity index (χ1) is 13.6. The van der Waals surface area contributed by atoms with E-state index in [1.165, 1.54) is 92.5 Å². The average Bonchev–Trinajstić information content (AvgIpc) is 3.12. The number of hydrogen-bond donors (Lipinski definition) is 1. The molecule has 162 valence electrons. The van der Waals surface area contributed by atoms with E-state index in [2.05, 4.69) is 23.1 Å². The van der Waals surface area contributed by atoms with Crippen molar-refractivity contribution in [1.82, 2.24) is 9.80 Å². The summed E-state index contributed by atoms with van der Waals surface area (Å²) in [7, 11) is 1.66. The molecule has 1 aromatic carbocycles. The SMILES string of the molecule is CN(Cc1cccc2c1CC[C@H]1[C@@H]2CCN1CCCC1CCCCC1)C(=O)O.Cl. The Balaban J connectivity index is 0.00000240. The maximum Gasteiger partial charge on any atom is 0.407 e. The third kappa shape index (κ3) is 5.08. The van der Waals surface area contributed by atoms with Crippen LogP contribution in [0, 0.1) is 5.92 Å². The van der Waals surface area contributed by atoms with Crippen LogP contribution in [0.3, 0.4) is 0 Å². The van der Waals surface area contributed by atoms with Crippen LogP contribution < -0.4 is 0 Å². The number of halogens is 1. The Bertz CT molecular complexity index is 689. The maximum absolute atomic E-state index is 11.2. The van der Waals surface area contributed by atoms with E-state index in [4.69, 9.17) is 0 Å². The van der Waals surface area contributed by atoms with Crippen molar-refractivity contribution in [2.45, 2.75) is 82.7 Å². The van der Waals surface area contributed by atoms with Crippen molar-refractivity contribution in [2.24, 2.45) is 5.92 Å². The van der Waals surface area contributed by atoms with Gasteiger partial charge in [-0.05, 0) is 67.8 Å². The lowest BCUT2D eigenvalue weighted by molar-refractivity contribution is 0.153.